The van der Waals surface area contributed by atoms with Gasteiger partial charge in [-0.05, 0) is 11.4 Å². The molecule has 2 nitrogen and oxygen atoms in total. The molecule has 0 unspecified atom stereocenters. The van der Waals surface area contributed by atoms with Gasteiger partial charge in [-0.3, -0.25) is 4.79 Å². The zero-order chi connectivity index (χ0) is 6.69. The summed E-state index contributed by atoms with van der Waals surface area (Å²) in [6.07, 6.45) is 0. The van der Waals surface area contributed by atoms with Crippen molar-refractivity contribution in [3.8, 4) is 6.07 Å². The van der Waals surface area contributed by atoms with Crippen LogP contribution in [-0.4, -0.2) is 0 Å². The van der Waals surface area contributed by atoms with E-state index in [4.69, 9.17) is 5.26 Å². The fraction of sp³-hybridized carbons (Fsp3) is 0. The highest BCUT2D eigenvalue weighted by atomic mass is 32.1. The van der Waals surface area contributed by atoms with Crippen molar-refractivity contribution in [2.24, 2.45) is 0 Å². The lowest BCUT2D eigenvalue weighted by Gasteiger charge is -1.78. The van der Waals surface area contributed by atoms with Gasteiger partial charge >= 0.3 is 0 Å². The molecule has 44 valence electrons. The molecule has 1 aromatic rings. The Morgan fingerprint density at radius 1 is 1.67 bits per heavy atom. The molecule has 0 aromatic carbocycles. The van der Waals surface area contributed by atoms with E-state index in [-0.39, 0.29) is 11.0 Å². The second kappa shape index (κ2) is 2.42. The minimum absolute atomic E-state index is 0.198. The van der Waals surface area contributed by atoms with E-state index in [1.165, 1.54) is 17.4 Å². The van der Waals surface area contributed by atoms with Crippen molar-refractivity contribution >= 4 is 11.3 Å². The van der Waals surface area contributed by atoms with Gasteiger partial charge < -0.3 is 0 Å². The third kappa shape index (κ3) is 1.15. The summed E-state index contributed by atoms with van der Waals surface area (Å²) in [6.45, 7) is 0. The van der Waals surface area contributed by atoms with Gasteiger partial charge in [0.2, 0.25) is 0 Å². The van der Waals surface area contributed by atoms with Gasteiger partial charge in [0.1, 0.15) is 11.6 Å². The maximum Gasteiger partial charge on any atom is 0.197 e. The Kier molecular flexibility index (Phi) is 1.61. The molecule has 0 saturated carbocycles. The number of hydrogen-bond acceptors (Lipinski definition) is 3. The summed E-state index contributed by atoms with van der Waals surface area (Å²) in [6, 6.07) is 3.19. The van der Waals surface area contributed by atoms with Gasteiger partial charge in [0.15, 0.2) is 5.43 Å². The predicted octanol–water partition coefficient (Wildman–Crippen LogP) is 0.980. The fourth-order valence-corrected chi connectivity index (χ4v) is 1.02. The monoisotopic (exact) mass is 137 g/mol. The van der Waals surface area contributed by atoms with Crippen LogP contribution in [0.15, 0.2) is 21.6 Å². The molecule has 0 amide bonds. The molecule has 3 heteroatoms. The first-order chi connectivity index (χ1) is 4.34. The zero-order valence-corrected chi connectivity index (χ0v) is 5.31. The van der Waals surface area contributed by atoms with Gasteiger partial charge in [0.25, 0.3) is 0 Å². The molecule has 1 rings (SSSR count). The van der Waals surface area contributed by atoms with Crippen LogP contribution in [0.4, 0.5) is 0 Å². The Morgan fingerprint density at radius 3 is 2.89 bits per heavy atom. The van der Waals surface area contributed by atoms with E-state index in [0.717, 1.165) is 0 Å². The summed E-state index contributed by atoms with van der Waals surface area (Å²) in [4.78, 5) is 10.6. The van der Waals surface area contributed by atoms with E-state index in [2.05, 4.69) is 0 Å². The van der Waals surface area contributed by atoms with E-state index in [1.54, 1.807) is 16.8 Å². The molecule has 0 radical (unpaired) electrons. The Bertz CT molecular complexity index is 296. The topological polar surface area (TPSA) is 40.9 Å². The lowest BCUT2D eigenvalue weighted by molar-refractivity contribution is 1.47. The third-order valence-electron chi connectivity index (χ3n) is 0.870. The maximum atomic E-state index is 10.6. The molecule has 9 heavy (non-hydrogen) atoms. The quantitative estimate of drug-likeness (QED) is 0.534. The molecule has 0 spiro atoms. The molecule has 0 N–H and O–H groups in total. The Morgan fingerprint density at radius 2 is 2.44 bits per heavy atom. The molecule has 0 aliphatic carbocycles. The first-order valence-electron chi connectivity index (χ1n) is 2.31. The fourth-order valence-electron chi connectivity index (χ4n) is 0.438. The first-order valence-corrected chi connectivity index (χ1v) is 3.25. The van der Waals surface area contributed by atoms with Gasteiger partial charge in [0, 0.05) is 5.38 Å². The number of rotatable bonds is 0. The van der Waals surface area contributed by atoms with E-state index < -0.39 is 0 Å². The molecular formula is C6H3NOS. The molecule has 1 aromatic heterocycles. The van der Waals surface area contributed by atoms with Gasteiger partial charge in [-0.15, -0.1) is 0 Å². The van der Waals surface area contributed by atoms with Gasteiger partial charge in [-0.1, -0.05) is 0 Å². The molecular weight excluding hydrogens is 134 g/mol. The van der Waals surface area contributed by atoms with Crippen molar-refractivity contribution in [2.75, 3.05) is 0 Å². The Balaban J connectivity index is 3.38. The molecule has 0 aliphatic rings. The van der Waals surface area contributed by atoms with E-state index in [1.807, 2.05) is 0 Å². The van der Waals surface area contributed by atoms with Crippen molar-refractivity contribution < 1.29 is 0 Å². The number of hydrogen-bond donors (Lipinski definition) is 0. The summed E-state index contributed by atoms with van der Waals surface area (Å²) >= 11 is 1.35. The standard InChI is InChI=1S/C6H3NOS/c7-3-5-4-9-2-1-6(5)8/h1-2,4H. The van der Waals surface area contributed by atoms with Crippen LogP contribution >= 0.6 is 11.3 Å². The summed E-state index contributed by atoms with van der Waals surface area (Å²) in [5.41, 5.74) is 0.0266. The van der Waals surface area contributed by atoms with Crippen LogP contribution in [0.25, 0.3) is 0 Å². The van der Waals surface area contributed by atoms with Gasteiger partial charge in [-0.2, -0.15) is 16.6 Å². The molecule has 0 bridgehead atoms. The summed E-state index contributed by atoms with van der Waals surface area (Å²) in [7, 11) is 0. The first kappa shape index (κ1) is 5.99. The normalized spacial score (nSPS) is 8.33. The highest BCUT2D eigenvalue weighted by molar-refractivity contribution is 7.07. The van der Waals surface area contributed by atoms with Crippen LogP contribution in [0.2, 0.25) is 0 Å². The van der Waals surface area contributed by atoms with Gasteiger partial charge in [0.05, 0.1) is 0 Å². The van der Waals surface area contributed by atoms with Crippen LogP contribution in [-0.2, 0) is 0 Å². The average Bonchev–Trinajstić information content (AvgIpc) is 1.89. The molecule has 0 fully saturated rings. The average molecular weight is 137 g/mol. The highest BCUT2D eigenvalue weighted by Gasteiger charge is 1.91. The zero-order valence-electron chi connectivity index (χ0n) is 4.50. The summed E-state index contributed by atoms with van der Waals surface area (Å²) in [5.74, 6) is 0. The van der Waals surface area contributed by atoms with Crippen LogP contribution in [0, 0.1) is 11.3 Å². The molecule has 0 saturated heterocycles. The van der Waals surface area contributed by atoms with E-state index in [0.29, 0.717) is 0 Å². The van der Waals surface area contributed by atoms with Crippen molar-refractivity contribution in [3.63, 3.8) is 0 Å². The van der Waals surface area contributed by atoms with Crippen LogP contribution in [0.3, 0.4) is 0 Å². The van der Waals surface area contributed by atoms with Crippen molar-refractivity contribution in [3.05, 3.63) is 32.6 Å². The van der Waals surface area contributed by atoms with Crippen molar-refractivity contribution in [1.82, 2.24) is 0 Å². The Hall–Kier alpha value is -1.14. The van der Waals surface area contributed by atoms with Crippen LogP contribution in [0.5, 0.6) is 0 Å². The molecule has 0 aliphatic heterocycles. The largest absolute Gasteiger partial charge is 0.288 e. The Labute approximate surface area is 56.0 Å². The lowest BCUT2D eigenvalue weighted by atomic mass is 10.3. The van der Waals surface area contributed by atoms with E-state index >= 15 is 0 Å². The van der Waals surface area contributed by atoms with E-state index in [9.17, 15) is 4.79 Å². The van der Waals surface area contributed by atoms with Gasteiger partial charge in [-0.25, -0.2) is 0 Å². The highest BCUT2D eigenvalue weighted by Crippen LogP contribution is 1.93. The van der Waals surface area contributed by atoms with Crippen LogP contribution in [0.1, 0.15) is 5.56 Å². The number of nitrogens with zero attached hydrogens (tertiary/aromatic N) is 1. The third-order valence-corrected chi connectivity index (χ3v) is 1.53. The van der Waals surface area contributed by atoms with Crippen molar-refractivity contribution in [2.45, 2.75) is 0 Å². The minimum atomic E-state index is -0.198. The second-order valence-corrected chi connectivity index (χ2v) is 2.23. The van der Waals surface area contributed by atoms with Crippen molar-refractivity contribution in [1.29, 1.82) is 5.26 Å². The minimum Gasteiger partial charge on any atom is -0.288 e. The second-order valence-electron chi connectivity index (χ2n) is 1.45. The molecule has 1 heterocycles. The lowest BCUT2D eigenvalue weighted by Crippen LogP contribution is -1.99. The summed E-state index contributed by atoms with van der Waals surface area (Å²) in [5, 5.41) is 11.5. The SMILES string of the molecule is N#Cc1csccc1=O. The summed E-state index contributed by atoms with van der Waals surface area (Å²) < 4.78 is 0. The smallest absolute Gasteiger partial charge is 0.197 e. The number of nitriles is 1. The van der Waals surface area contributed by atoms with Crippen LogP contribution < -0.4 is 5.43 Å². The predicted molar refractivity (Wildman–Crippen MR) is 35.3 cm³/mol. The molecule has 0 atom stereocenters. The maximum absolute atomic E-state index is 10.6.